The Hall–Kier alpha value is -1.35. The molecule has 0 unspecified atom stereocenters. The Morgan fingerprint density at radius 1 is 1.47 bits per heavy atom. The fourth-order valence-electron chi connectivity index (χ4n) is 2.21. The van der Waals surface area contributed by atoms with Crippen LogP contribution in [0.4, 0.5) is 0 Å². The molecule has 1 aliphatic carbocycles. The normalized spacial score (nSPS) is 22.9. The number of carbonyl (C=O) groups excluding carboxylic acids is 1. The van der Waals surface area contributed by atoms with Crippen molar-refractivity contribution in [2.24, 2.45) is 5.73 Å². The molecule has 2 rings (SSSR count). The number of nitrogens with two attached hydrogens (primary N) is 1. The molecule has 92 valence electrons. The maximum absolute atomic E-state index is 11.7. The van der Waals surface area contributed by atoms with Crippen LogP contribution in [0.5, 0.6) is 0 Å². The zero-order chi connectivity index (χ0) is 12.3. The summed E-state index contributed by atoms with van der Waals surface area (Å²) in [4.78, 5) is 11.7. The maximum Gasteiger partial charge on any atom is 0.220 e. The van der Waals surface area contributed by atoms with Gasteiger partial charge in [0.1, 0.15) is 0 Å². The maximum atomic E-state index is 11.7. The summed E-state index contributed by atoms with van der Waals surface area (Å²) in [6.07, 6.45) is 3.23. The van der Waals surface area contributed by atoms with Crippen molar-refractivity contribution in [3.05, 3.63) is 35.4 Å². The van der Waals surface area contributed by atoms with Crippen molar-refractivity contribution in [1.29, 1.82) is 0 Å². The van der Waals surface area contributed by atoms with E-state index in [1.165, 1.54) is 11.1 Å². The standard InChI is InChI=1S/C14H20N2O/c1-10-3-2-4-11(7-10)5-6-14(17)16-13-8-12(15)9-13/h2-4,7,12-13H,5-6,8-9,15H2,1H3,(H,16,17). The second-order valence-electron chi connectivity index (χ2n) is 4.98. The lowest BCUT2D eigenvalue weighted by Crippen LogP contribution is -2.50. The first-order valence-corrected chi connectivity index (χ1v) is 6.24. The summed E-state index contributed by atoms with van der Waals surface area (Å²) < 4.78 is 0. The van der Waals surface area contributed by atoms with Crippen LogP contribution in [0.1, 0.15) is 30.4 Å². The van der Waals surface area contributed by atoms with Crippen LogP contribution in [0.2, 0.25) is 0 Å². The van der Waals surface area contributed by atoms with Crippen molar-refractivity contribution in [2.45, 2.75) is 44.7 Å². The molecule has 0 aromatic heterocycles. The highest BCUT2D eigenvalue weighted by Gasteiger charge is 2.26. The van der Waals surface area contributed by atoms with Gasteiger partial charge in [0.05, 0.1) is 0 Å². The SMILES string of the molecule is Cc1cccc(CCC(=O)NC2CC(N)C2)c1. The van der Waals surface area contributed by atoms with Gasteiger partial charge in [-0.1, -0.05) is 29.8 Å². The minimum Gasteiger partial charge on any atom is -0.353 e. The van der Waals surface area contributed by atoms with Gasteiger partial charge in [0.2, 0.25) is 5.91 Å². The number of hydrogen-bond acceptors (Lipinski definition) is 2. The average molecular weight is 232 g/mol. The predicted molar refractivity (Wildman–Crippen MR) is 68.6 cm³/mol. The Morgan fingerprint density at radius 3 is 2.88 bits per heavy atom. The molecular weight excluding hydrogens is 212 g/mol. The first-order chi connectivity index (χ1) is 8.13. The molecule has 0 bridgehead atoms. The third-order valence-electron chi connectivity index (χ3n) is 3.26. The summed E-state index contributed by atoms with van der Waals surface area (Å²) in [5, 5.41) is 3.01. The van der Waals surface area contributed by atoms with Gasteiger partial charge in [0.15, 0.2) is 0 Å². The van der Waals surface area contributed by atoms with Crippen LogP contribution in [-0.4, -0.2) is 18.0 Å². The van der Waals surface area contributed by atoms with Crippen molar-refractivity contribution < 1.29 is 4.79 Å². The van der Waals surface area contributed by atoms with Crippen LogP contribution in [0.25, 0.3) is 0 Å². The van der Waals surface area contributed by atoms with Gasteiger partial charge >= 0.3 is 0 Å². The molecule has 1 amide bonds. The molecule has 1 aromatic rings. The lowest BCUT2D eigenvalue weighted by atomic mass is 9.87. The van der Waals surface area contributed by atoms with Crippen molar-refractivity contribution in [3.8, 4) is 0 Å². The van der Waals surface area contributed by atoms with Gasteiger partial charge in [-0.2, -0.15) is 0 Å². The molecule has 0 spiro atoms. The summed E-state index contributed by atoms with van der Waals surface area (Å²) in [6.45, 7) is 2.07. The largest absolute Gasteiger partial charge is 0.353 e. The fourth-order valence-corrected chi connectivity index (χ4v) is 2.21. The van der Waals surface area contributed by atoms with Gasteiger partial charge in [-0.15, -0.1) is 0 Å². The second-order valence-corrected chi connectivity index (χ2v) is 4.98. The minimum absolute atomic E-state index is 0.142. The van der Waals surface area contributed by atoms with Crippen LogP contribution in [0, 0.1) is 6.92 Å². The number of hydrogen-bond donors (Lipinski definition) is 2. The Bertz CT molecular complexity index is 397. The molecule has 1 aromatic carbocycles. The van der Waals surface area contributed by atoms with Crippen LogP contribution >= 0.6 is 0 Å². The molecule has 1 fully saturated rings. The molecule has 1 saturated carbocycles. The van der Waals surface area contributed by atoms with E-state index in [1.54, 1.807) is 0 Å². The van der Waals surface area contributed by atoms with Crippen LogP contribution < -0.4 is 11.1 Å². The lowest BCUT2D eigenvalue weighted by Gasteiger charge is -2.32. The van der Waals surface area contributed by atoms with E-state index in [0.717, 1.165) is 19.3 Å². The molecule has 3 N–H and O–H groups in total. The van der Waals surface area contributed by atoms with Crippen LogP contribution in [-0.2, 0) is 11.2 Å². The van der Waals surface area contributed by atoms with Gasteiger partial charge in [-0.25, -0.2) is 0 Å². The quantitative estimate of drug-likeness (QED) is 0.827. The van der Waals surface area contributed by atoms with E-state index in [0.29, 0.717) is 12.5 Å². The monoisotopic (exact) mass is 232 g/mol. The Balaban J connectivity index is 1.72. The van der Waals surface area contributed by atoms with Crippen LogP contribution in [0.3, 0.4) is 0 Å². The fraction of sp³-hybridized carbons (Fsp3) is 0.500. The van der Waals surface area contributed by atoms with Gasteiger partial charge < -0.3 is 11.1 Å². The highest BCUT2D eigenvalue weighted by molar-refractivity contribution is 5.76. The van der Waals surface area contributed by atoms with Gasteiger partial charge in [-0.05, 0) is 31.7 Å². The molecule has 17 heavy (non-hydrogen) atoms. The van der Waals surface area contributed by atoms with Crippen molar-refractivity contribution >= 4 is 5.91 Å². The number of carbonyl (C=O) groups is 1. The number of amides is 1. The van der Waals surface area contributed by atoms with Gasteiger partial charge in [0, 0.05) is 18.5 Å². The summed E-state index contributed by atoms with van der Waals surface area (Å²) in [5.74, 6) is 0.142. The summed E-state index contributed by atoms with van der Waals surface area (Å²) in [5.41, 5.74) is 8.15. The first kappa shape index (κ1) is 12.1. The second kappa shape index (κ2) is 5.32. The smallest absolute Gasteiger partial charge is 0.220 e. The summed E-state index contributed by atoms with van der Waals surface area (Å²) >= 11 is 0. The zero-order valence-electron chi connectivity index (χ0n) is 10.3. The molecule has 0 heterocycles. The van der Waals surface area contributed by atoms with E-state index in [2.05, 4.69) is 30.4 Å². The molecule has 3 nitrogen and oxygen atoms in total. The van der Waals surface area contributed by atoms with E-state index in [9.17, 15) is 4.79 Å². The number of benzene rings is 1. The highest BCUT2D eigenvalue weighted by atomic mass is 16.1. The van der Waals surface area contributed by atoms with Gasteiger partial charge in [0.25, 0.3) is 0 Å². The van der Waals surface area contributed by atoms with Crippen molar-refractivity contribution in [2.75, 3.05) is 0 Å². The topological polar surface area (TPSA) is 55.1 Å². The highest BCUT2D eigenvalue weighted by Crippen LogP contribution is 2.17. The molecule has 1 aliphatic rings. The lowest BCUT2D eigenvalue weighted by molar-refractivity contribution is -0.122. The molecule has 0 radical (unpaired) electrons. The number of rotatable bonds is 4. The molecule has 0 aliphatic heterocycles. The Labute approximate surface area is 102 Å². The molecule has 0 saturated heterocycles. The number of aryl methyl sites for hydroxylation is 2. The van der Waals surface area contributed by atoms with E-state index in [1.807, 2.05) is 6.07 Å². The molecule has 0 atom stereocenters. The van der Waals surface area contributed by atoms with Crippen molar-refractivity contribution in [1.82, 2.24) is 5.32 Å². The van der Waals surface area contributed by atoms with Crippen LogP contribution in [0.15, 0.2) is 24.3 Å². The Kier molecular flexibility index (Phi) is 3.79. The van der Waals surface area contributed by atoms with E-state index in [4.69, 9.17) is 5.73 Å². The third kappa shape index (κ3) is 3.56. The van der Waals surface area contributed by atoms with E-state index < -0.39 is 0 Å². The number of nitrogens with one attached hydrogen (secondary N) is 1. The first-order valence-electron chi connectivity index (χ1n) is 6.24. The zero-order valence-corrected chi connectivity index (χ0v) is 10.3. The molecule has 3 heteroatoms. The van der Waals surface area contributed by atoms with E-state index in [-0.39, 0.29) is 11.9 Å². The third-order valence-corrected chi connectivity index (χ3v) is 3.26. The van der Waals surface area contributed by atoms with E-state index >= 15 is 0 Å². The molecular formula is C14H20N2O. The van der Waals surface area contributed by atoms with Crippen molar-refractivity contribution in [3.63, 3.8) is 0 Å². The summed E-state index contributed by atoms with van der Waals surface area (Å²) in [6, 6.07) is 8.91. The summed E-state index contributed by atoms with van der Waals surface area (Å²) in [7, 11) is 0. The minimum atomic E-state index is 0.142. The average Bonchev–Trinajstić information content (AvgIpc) is 2.24. The predicted octanol–water partition coefficient (Wildman–Crippen LogP) is 1.53. The Morgan fingerprint density at radius 2 is 2.24 bits per heavy atom. The van der Waals surface area contributed by atoms with Gasteiger partial charge in [-0.3, -0.25) is 4.79 Å².